The number of ether oxygens (including phenoxy) is 1. The first-order valence-corrected chi connectivity index (χ1v) is 7.58. The molecule has 2 heterocycles. The number of carbonyl (C=O) groups excluding carboxylic acids is 2. The Morgan fingerprint density at radius 2 is 2.29 bits per heavy atom. The molecule has 3 rings (SSSR count). The molecular formula is C15H21N3O3. The maximum atomic E-state index is 12.4. The number of carbonyl (C=O) groups is 2. The average Bonchev–Trinajstić information content (AvgIpc) is 3.14. The van der Waals surface area contributed by atoms with Gasteiger partial charge in [0.15, 0.2) is 0 Å². The molecule has 0 aromatic carbocycles. The second-order valence-corrected chi connectivity index (χ2v) is 5.96. The van der Waals surface area contributed by atoms with E-state index in [1.807, 2.05) is 17.7 Å². The predicted molar refractivity (Wildman–Crippen MR) is 75.4 cm³/mol. The summed E-state index contributed by atoms with van der Waals surface area (Å²) in [5.41, 5.74) is -0.522. The molecule has 0 bridgehead atoms. The zero-order valence-electron chi connectivity index (χ0n) is 12.3. The highest BCUT2D eigenvalue weighted by atomic mass is 16.6. The SMILES string of the molecule is Cc1nccn1CCNC(=O)C1CC(=O)OC12CCCC2. The molecule has 6 heteroatoms. The quantitative estimate of drug-likeness (QED) is 0.846. The summed E-state index contributed by atoms with van der Waals surface area (Å²) in [5.74, 6) is 0.315. The number of nitrogens with zero attached hydrogens (tertiary/aromatic N) is 2. The normalized spacial score (nSPS) is 23.5. The Morgan fingerprint density at radius 1 is 1.52 bits per heavy atom. The molecule has 1 N–H and O–H groups in total. The lowest BCUT2D eigenvalue weighted by Crippen LogP contribution is -2.43. The Morgan fingerprint density at radius 3 is 2.95 bits per heavy atom. The van der Waals surface area contributed by atoms with Crippen molar-refractivity contribution in [3.63, 3.8) is 0 Å². The molecule has 6 nitrogen and oxygen atoms in total. The van der Waals surface area contributed by atoms with Crippen molar-refractivity contribution < 1.29 is 14.3 Å². The van der Waals surface area contributed by atoms with E-state index in [0.717, 1.165) is 31.5 Å². The number of imidazole rings is 1. The Bertz CT molecular complexity index is 546. The number of amides is 1. The maximum absolute atomic E-state index is 12.4. The summed E-state index contributed by atoms with van der Waals surface area (Å²) in [6.07, 6.45) is 7.55. The van der Waals surface area contributed by atoms with Crippen LogP contribution >= 0.6 is 0 Å². The highest BCUT2D eigenvalue weighted by Gasteiger charge is 2.53. The van der Waals surface area contributed by atoms with Crippen molar-refractivity contribution in [1.82, 2.24) is 14.9 Å². The van der Waals surface area contributed by atoms with Gasteiger partial charge in [-0.2, -0.15) is 0 Å². The minimum Gasteiger partial charge on any atom is -0.458 e. The second kappa shape index (κ2) is 5.50. The fraction of sp³-hybridized carbons (Fsp3) is 0.667. The highest BCUT2D eigenvalue weighted by molar-refractivity contribution is 5.87. The van der Waals surface area contributed by atoms with Gasteiger partial charge in [0.1, 0.15) is 11.4 Å². The van der Waals surface area contributed by atoms with Gasteiger partial charge in [-0.3, -0.25) is 9.59 Å². The van der Waals surface area contributed by atoms with Crippen molar-refractivity contribution in [2.45, 2.75) is 51.2 Å². The van der Waals surface area contributed by atoms with E-state index in [1.165, 1.54) is 0 Å². The molecule has 21 heavy (non-hydrogen) atoms. The van der Waals surface area contributed by atoms with Crippen LogP contribution in [0.25, 0.3) is 0 Å². The number of aryl methyl sites for hydroxylation is 1. The van der Waals surface area contributed by atoms with Gasteiger partial charge in [-0.05, 0) is 32.6 Å². The van der Waals surface area contributed by atoms with Crippen molar-refractivity contribution in [2.24, 2.45) is 5.92 Å². The molecule has 1 aromatic heterocycles. The van der Waals surface area contributed by atoms with Gasteiger partial charge in [0.2, 0.25) is 5.91 Å². The van der Waals surface area contributed by atoms with Crippen LogP contribution in [-0.4, -0.2) is 33.6 Å². The number of aromatic nitrogens is 2. The van der Waals surface area contributed by atoms with E-state index in [4.69, 9.17) is 4.74 Å². The molecule has 0 radical (unpaired) electrons. The Kier molecular flexibility index (Phi) is 3.69. The standard InChI is InChI=1S/C15H21N3O3/c1-11-16-6-8-18(11)9-7-17-14(20)12-10-13(19)21-15(12)4-2-3-5-15/h6,8,12H,2-5,7,9-10H2,1H3,(H,17,20). The van der Waals surface area contributed by atoms with Crippen molar-refractivity contribution >= 4 is 11.9 Å². The van der Waals surface area contributed by atoms with Gasteiger partial charge in [0.05, 0.1) is 12.3 Å². The molecule has 1 aliphatic heterocycles. The van der Waals surface area contributed by atoms with E-state index in [0.29, 0.717) is 13.1 Å². The van der Waals surface area contributed by atoms with Crippen LogP contribution in [0.15, 0.2) is 12.4 Å². The lowest BCUT2D eigenvalue weighted by molar-refractivity contribution is -0.149. The second-order valence-electron chi connectivity index (χ2n) is 5.96. The van der Waals surface area contributed by atoms with Crippen LogP contribution in [-0.2, 0) is 20.9 Å². The third-order valence-corrected chi connectivity index (χ3v) is 4.66. The lowest BCUT2D eigenvalue weighted by Gasteiger charge is -2.27. The van der Waals surface area contributed by atoms with Crippen molar-refractivity contribution in [3.8, 4) is 0 Å². The van der Waals surface area contributed by atoms with Crippen LogP contribution < -0.4 is 5.32 Å². The van der Waals surface area contributed by atoms with Gasteiger partial charge in [-0.1, -0.05) is 0 Å². The molecule has 1 saturated heterocycles. The van der Waals surface area contributed by atoms with Gasteiger partial charge in [0.25, 0.3) is 0 Å². The van der Waals surface area contributed by atoms with Crippen LogP contribution in [0, 0.1) is 12.8 Å². The minimum absolute atomic E-state index is 0.0551. The zero-order chi connectivity index (χ0) is 14.9. The third-order valence-electron chi connectivity index (χ3n) is 4.66. The van der Waals surface area contributed by atoms with Crippen LogP contribution in [0.1, 0.15) is 37.9 Å². The van der Waals surface area contributed by atoms with Gasteiger partial charge < -0.3 is 14.6 Å². The number of rotatable bonds is 4. The molecule has 1 saturated carbocycles. The fourth-order valence-electron chi connectivity index (χ4n) is 3.51. The van der Waals surface area contributed by atoms with Crippen LogP contribution in [0.4, 0.5) is 0 Å². The Labute approximate surface area is 123 Å². The van der Waals surface area contributed by atoms with Crippen molar-refractivity contribution in [2.75, 3.05) is 6.54 Å². The fourth-order valence-corrected chi connectivity index (χ4v) is 3.51. The highest BCUT2D eigenvalue weighted by Crippen LogP contribution is 2.45. The van der Waals surface area contributed by atoms with E-state index in [-0.39, 0.29) is 24.2 Å². The summed E-state index contributed by atoms with van der Waals surface area (Å²) in [4.78, 5) is 28.2. The molecule has 1 aromatic rings. The molecule has 2 aliphatic rings. The molecule has 2 fully saturated rings. The van der Waals surface area contributed by atoms with E-state index in [1.54, 1.807) is 6.20 Å². The monoisotopic (exact) mass is 291 g/mol. The topological polar surface area (TPSA) is 73.2 Å². The summed E-state index contributed by atoms with van der Waals surface area (Å²) < 4.78 is 7.49. The summed E-state index contributed by atoms with van der Waals surface area (Å²) in [6.45, 7) is 3.15. The Balaban J connectivity index is 1.57. The van der Waals surface area contributed by atoms with Gasteiger partial charge in [-0.15, -0.1) is 0 Å². The van der Waals surface area contributed by atoms with Crippen molar-refractivity contribution in [3.05, 3.63) is 18.2 Å². The zero-order valence-corrected chi connectivity index (χ0v) is 12.3. The number of esters is 1. The van der Waals surface area contributed by atoms with Crippen LogP contribution in [0.5, 0.6) is 0 Å². The van der Waals surface area contributed by atoms with Gasteiger partial charge >= 0.3 is 5.97 Å². The smallest absolute Gasteiger partial charge is 0.307 e. The first-order chi connectivity index (χ1) is 10.1. The first kappa shape index (κ1) is 14.1. The maximum Gasteiger partial charge on any atom is 0.307 e. The summed E-state index contributed by atoms with van der Waals surface area (Å²) >= 11 is 0. The van der Waals surface area contributed by atoms with Crippen molar-refractivity contribution in [1.29, 1.82) is 0 Å². The molecule has 1 unspecified atom stereocenters. The predicted octanol–water partition coefficient (Wildman–Crippen LogP) is 1.18. The van der Waals surface area contributed by atoms with E-state index in [2.05, 4.69) is 10.3 Å². The first-order valence-electron chi connectivity index (χ1n) is 7.58. The molecular weight excluding hydrogens is 270 g/mol. The summed E-state index contributed by atoms with van der Waals surface area (Å²) in [7, 11) is 0. The van der Waals surface area contributed by atoms with Crippen LogP contribution in [0.3, 0.4) is 0 Å². The molecule has 1 atom stereocenters. The average molecular weight is 291 g/mol. The van der Waals surface area contributed by atoms with Crippen LogP contribution in [0.2, 0.25) is 0 Å². The summed E-state index contributed by atoms with van der Waals surface area (Å²) in [6, 6.07) is 0. The van der Waals surface area contributed by atoms with E-state index in [9.17, 15) is 9.59 Å². The lowest BCUT2D eigenvalue weighted by atomic mass is 9.85. The third kappa shape index (κ3) is 2.66. The minimum atomic E-state index is -0.522. The molecule has 1 amide bonds. The van der Waals surface area contributed by atoms with Gasteiger partial charge in [-0.25, -0.2) is 4.98 Å². The number of hydrogen-bond donors (Lipinski definition) is 1. The largest absolute Gasteiger partial charge is 0.458 e. The molecule has 114 valence electrons. The molecule has 1 spiro atoms. The molecule has 1 aliphatic carbocycles. The summed E-state index contributed by atoms with van der Waals surface area (Å²) in [5, 5.41) is 2.94. The Hall–Kier alpha value is -1.85. The van der Waals surface area contributed by atoms with Gasteiger partial charge in [0, 0.05) is 25.5 Å². The number of hydrogen-bond acceptors (Lipinski definition) is 4. The van der Waals surface area contributed by atoms with E-state index >= 15 is 0 Å². The number of nitrogens with one attached hydrogen (secondary N) is 1. The van der Waals surface area contributed by atoms with E-state index < -0.39 is 5.60 Å².